The molecule has 0 unspecified atom stereocenters. The van der Waals surface area contributed by atoms with Gasteiger partial charge in [0.15, 0.2) is 0 Å². The predicted molar refractivity (Wildman–Crippen MR) is 42.5 cm³/mol. The van der Waals surface area contributed by atoms with Crippen LogP contribution in [0.5, 0.6) is 5.75 Å². The summed E-state index contributed by atoms with van der Waals surface area (Å²) in [6, 6.07) is 3.80. The molecule has 58 valence electrons. The van der Waals surface area contributed by atoms with Crippen molar-refractivity contribution < 1.29 is 4.74 Å². The summed E-state index contributed by atoms with van der Waals surface area (Å²) < 4.78 is 5.61. The largest absolute Gasteiger partial charge is 0.490 e. The molecular formula is C9H11NO. The van der Waals surface area contributed by atoms with Gasteiger partial charge in [0.2, 0.25) is 0 Å². The summed E-state index contributed by atoms with van der Waals surface area (Å²) in [4.78, 5) is 3.92. The second-order valence-corrected chi connectivity index (χ2v) is 2.85. The molecule has 1 aliphatic carbocycles. The lowest BCUT2D eigenvalue weighted by Crippen LogP contribution is -2.24. The van der Waals surface area contributed by atoms with Crippen LogP contribution in [-0.4, -0.2) is 11.1 Å². The molecule has 0 atom stereocenters. The van der Waals surface area contributed by atoms with E-state index in [0.717, 1.165) is 5.75 Å². The second kappa shape index (κ2) is 2.91. The van der Waals surface area contributed by atoms with Gasteiger partial charge in [-0.3, -0.25) is 4.98 Å². The molecule has 2 rings (SSSR count). The van der Waals surface area contributed by atoms with E-state index in [-0.39, 0.29) is 0 Å². The van der Waals surface area contributed by atoms with E-state index in [9.17, 15) is 0 Å². The van der Waals surface area contributed by atoms with Crippen LogP contribution >= 0.6 is 0 Å². The summed E-state index contributed by atoms with van der Waals surface area (Å²) in [5.74, 6) is 0.949. The minimum absolute atomic E-state index is 0.470. The van der Waals surface area contributed by atoms with Crippen LogP contribution in [0.4, 0.5) is 0 Å². The smallest absolute Gasteiger partial charge is 0.122 e. The van der Waals surface area contributed by atoms with Crippen molar-refractivity contribution in [3.8, 4) is 5.75 Å². The van der Waals surface area contributed by atoms with Gasteiger partial charge in [-0.05, 0) is 31.4 Å². The molecule has 0 aromatic carbocycles. The third kappa shape index (κ3) is 1.50. The van der Waals surface area contributed by atoms with Crippen molar-refractivity contribution in [3.63, 3.8) is 0 Å². The van der Waals surface area contributed by atoms with Crippen molar-refractivity contribution in [1.82, 2.24) is 4.98 Å². The number of hydrogen-bond acceptors (Lipinski definition) is 2. The molecule has 1 saturated carbocycles. The summed E-state index contributed by atoms with van der Waals surface area (Å²) >= 11 is 0. The zero-order valence-electron chi connectivity index (χ0n) is 6.36. The SMILES string of the molecule is c1cc(OC2CCC2)ccn1. The van der Waals surface area contributed by atoms with Crippen molar-refractivity contribution in [2.24, 2.45) is 0 Å². The molecule has 2 nitrogen and oxygen atoms in total. The number of aromatic nitrogens is 1. The van der Waals surface area contributed by atoms with Gasteiger partial charge in [-0.25, -0.2) is 0 Å². The molecule has 0 aliphatic heterocycles. The first-order valence-electron chi connectivity index (χ1n) is 4.02. The molecule has 1 aliphatic rings. The van der Waals surface area contributed by atoms with E-state index in [1.165, 1.54) is 19.3 Å². The van der Waals surface area contributed by atoms with Crippen LogP contribution in [0.3, 0.4) is 0 Å². The highest BCUT2D eigenvalue weighted by Gasteiger charge is 2.18. The number of nitrogens with zero attached hydrogens (tertiary/aromatic N) is 1. The minimum atomic E-state index is 0.470. The third-order valence-electron chi connectivity index (χ3n) is 2.00. The zero-order valence-corrected chi connectivity index (χ0v) is 6.36. The van der Waals surface area contributed by atoms with Crippen molar-refractivity contribution in [2.45, 2.75) is 25.4 Å². The first-order chi connectivity index (χ1) is 5.45. The molecule has 0 spiro atoms. The maximum Gasteiger partial charge on any atom is 0.122 e. The molecule has 0 amide bonds. The van der Waals surface area contributed by atoms with E-state index in [1.54, 1.807) is 12.4 Å². The normalized spacial score (nSPS) is 17.5. The van der Waals surface area contributed by atoms with E-state index >= 15 is 0 Å². The van der Waals surface area contributed by atoms with Crippen LogP contribution in [0.1, 0.15) is 19.3 Å². The van der Waals surface area contributed by atoms with E-state index in [1.807, 2.05) is 12.1 Å². The first-order valence-corrected chi connectivity index (χ1v) is 4.02. The van der Waals surface area contributed by atoms with E-state index < -0.39 is 0 Å². The molecule has 1 heterocycles. The Hall–Kier alpha value is -1.05. The summed E-state index contributed by atoms with van der Waals surface area (Å²) in [6.45, 7) is 0. The summed E-state index contributed by atoms with van der Waals surface area (Å²) in [5.41, 5.74) is 0. The molecule has 1 aromatic heterocycles. The van der Waals surface area contributed by atoms with Gasteiger partial charge in [-0.2, -0.15) is 0 Å². The van der Waals surface area contributed by atoms with Crippen molar-refractivity contribution in [3.05, 3.63) is 24.5 Å². The van der Waals surface area contributed by atoms with E-state index in [2.05, 4.69) is 4.98 Å². The molecule has 0 radical (unpaired) electrons. The Morgan fingerprint density at radius 2 is 2.00 bits per heavy atom. The highest BCUT2D eigenvalue weighted by molar-refractivity contribution is 5.17. The van der Waals surface area contributed by atoms with E-state index in [4.69, 9.17) is 4.74 Å². The molecule has 2 heteroatoms. The molecule has 1 fully saturated rings. The van der Waals surface area contributed by atoms with Crippen molar-refractivity contribution in [2.75, 3.05) is 0 Å². The fourth-order valence-corrected chi connectivity index (χ4v) is 1.10. The van der Waals surface area contributed by atoms with Crippen LogP contribution in [0.15, 0.2) is 24.5 Å². The van der Waals surface area contributed by atoms with Gasteiger partial charge in [0.1, 0.15) is 5.75 Å². The van der Waals surface area contributed by atoms with Crippen molar-refractivity contribution in [1.29, 1.82) is 0 Å². The Labute approximate surface area is 66.2 Å². The molecule has 0 N–H and O–H groups in total. The quantitative estimate of drug-likeness (QED) is 0.641. The van der Waals surface area contributed by atoms with Crippen LogP contribution in [0.2, 0.25) is 0 Å². The van der Waals surface area contributed by atoms with Gasteiger partial charge in [0.05, 0.1) is 6.10 Å². The van der Waals surface area contributed by atoms with Crippen LogP contribution in [-0.2, 0) is 0 Å². The predicted octanol–water partition coefficient (Wildman–Crippen LogP) is 2.01. The Kier molecular flexibility index (Phi) is 1.76. The fourth-order valence-electron chi connectivity index (χ4n) is 1.10. The van der Waals surface area contributed by atoms with Gasteiger partial charge in [-0.1, -0.05) is 0 Å². The van der Waals surface area contributed by atoms with Gasteiger partial charge >= 0.3 is 0 Å². The topological polar surface area (TPSA) is 22.1 Å². The molecule has 1 aromatic rings. The van der Waals surface area contributed by atoms with Crippen molar-refractivity contribution >= 4 is 0 Å². The molecule has 11 heavy (non-hydrogen) atoms. The first kappa shape index (κ1) is 6.65. The molecule has 0 bridgehead atoms. The second-order valence-electron chi connectivity index (χ2n) is 2.85. The van der Waals surface area contributed by atoms with Gasteiger partial charge in [-0.15, -0.1) is 0 Å². The summed E-state index contributed by atoms with van der Waals surface area (Å²) in [7, 11) is 0. The lowest BCUT2D eigenvalue weighted by atomic mass is 9.96. The van der Waals surface area contributed by atoms with Crippen LogP contribution in [0.25, 0.3) is 0 Å². The zero-order chi connectivity index (χ0) is 7.52. The monoisotopic (exact) mass is 149 g/mol. The van der Waals surface area contributed by atoms with Gasteiger partial charge in [0.25, 0.3) is 0 Å². The lowest BCUT2D eigenvalue weighted by Gasteiger charge is -2.26. The fraction of sp³-hybridized carbons (Fsp3) is 0.444. The van der Waals surface area contributed by atoms with Crippen LogP contribution in [0, 0.1) is 0 Å². The summed E-state index contributed by atoms with van der Waals surface area (Å²) in [5, 5.41) is 0. The Morgan fingerprint density at radius 3 is 2.55 bits per heavy atom. The number of rotatable bonds is 2. The third-order valence-corrected chi connectivity index (χ3v) is 2.00. The Balaban J connectivity index is 1.95. The molecule has 0 saturated heterocycles. The average Bonchev–Trinajstić information content (AvgIpc) is 1.99. The maximum absolute atomic E-state index is 5.61. The summed E-state index contributed by atoms with van der Waals surface area (Å²) in [6.07, 6.45) is 7.72. The van der Waals surface area contributed by atoms with Gasteiger partial charge in [0, 0.05) is 12.4 Å². The van der Waals surface area contributed by atoms with Crippen LogP contribution < -0.4 is 4.74 Å². The number of pyridine rings is 1. The Bertz CT molecular complexity index is 218. The minimum Gasteiger partial charge on any atom is -0.490 e. The average molecular weight is 149 g/mol. The standard InChI is InChI=1S/C9H11NO/c1-2-8(3-1)11-9-4-6-10-7-5-9/h4-8H,1-3H2. The molecular weight excluding hydrogens is 138 g/mol. The number of ether oxygens (including phenoxy) is 1. The van der Waals surface area contributed by atoms with E-state index in [0.29, 0.717) is 6.10 Å². The van der Waals surface area contributed by atoms with Gasteiger partial charge < -0.3 is 4.74 Å². The lowest BCUT2D eigenvalue weighted by molar-refractivity contribution is 0.120. The number of hydrogen-bond donors (Lipinski definition) is 0. The Morgan fingerprint density at radius 1 is 1.27 bits per heavy atom. The highest BCUT2D eigenvalue weighted by atomic mass is 16.5. The maximum atomic E-state index is 5.61. The highest BCUT2D eigenvalue weighted by Crippen LogP contribution is 2.24.